The molecule has 2 unspecified atom stereocenters. The fraction of sp³-hybridized carbons (Fsp3) is 0.674. The number of quaternary nitrogens is 1. The van der Waals surface area contributed by atoms with Crippen LogP contribution >= 0.6 is 7.82 Å². The molecule has 1 N–H and O–H groups in total. The van der Waals surface area contributed by atoms with E-state index in [0.717, 1.165) is 38.5 Å². The van der Waals surface area contributed by atoms with Crippen molar-refractivity contribution in [2.45, 2.75) is 154 Å². The highest BCUT2D eigenvalue weighted by molar-refractivity contribution is 7.45. The quantitative estimate of drug-likeness (QED) is 0.0125. The van der Waals surface area contributed by atoms with E-state index in [-0.39, 0.29) is 26.2 Å². The van der Waals surface area contributed by atoms with Crippen molar-refractivity contribution in [3.63, 3.8) is 0 Å². The number of phosphoric acid groups is 1. The molecule has 0 bridgehead atoms. The average Bonchev–Trinajstić information content (AvgIpc) is 3.14. The monoisotopic (exact) mass is 806 g/mol. The molecule has 322 valence electrons. The number of ether oxygens (including phenoxy) is 2. The summed E-state index contributed by atoms with van der Waals surface area (Å²) < 4.78 is 34.2. The summed E-state index contributed by atoms with van der Waals surface area (Å²) in [7, 11) is 1.24. The predicted molar refractivity (Wildman–Crippen MR) is 232 cm³/mol. The Hall–Kier alpha value is -2.52. The standard InChI is InChI=1S/C46H80NO8P/c1-6-8-10-11-12-13-14-15-19-22-25-28-31-35-40-52-42-45(43-54-56(50,51)53-41-39-47(3,4)5)55-46(49)38-34-30-27-24-21-18-16-17-20-23-26-29-33-37-44(48)36-32-9-7-2/h9,17-18,20-21,26-27,29-30,32-33,35,37,40,44-45,48H,6-8,10-16,19,22-25,28,31,34,36,38-39,41-43H2,1-5H3/b20-17-,21-18-,29-26+,30-27-,32-9-,37-33+,40-35+/t44?,45-/m1/s1. The summed E-state index contributed by atoms with van der Waals surface area (Å²) in [6.07, 6.45) is 47.5. The number of unbranched alkanes of at least 4 members (excludes halogenated alkanes) is 12. The van der Waals surface area contributed by atoms with Crippen LogP contribution in [0.3, 0.4) is 0 Å². The van der Waals surface area contributed by atoms with Crippen molar-refractivity contribution in [2.75, 3.05) is 47.5 Å². The number of hydrogen-bond acceptors (Lipinski definition) is 8. The molecule has 0 saturated carbocycles. The third-order valence-electron chi connectivity index (χ3n) is 8.62. The van der Waals surface area contributed by atoms with Crippen LogP contribution in [0.25, 0.3) is 0 Å². The van der Waals surface area contributed by atoms with Crippen LogP contribution in [0.1, 0.15) is 142 Å². The molecule has 0 rings (SSSR count). The number of hydrogen-bond donors (Lipinski definition) is 1. The van der Waals surface area contributed by atoms with Gasteiger partial charge in [0.25, 0.3) is 7.82 Å². The largest absolute Gasteiger partial charge is 0.756 e. The Kier molecular flexibility index (Phi) is 36.3. The van der Waals surface area contributed by atoms with E-state index < -0.39 is 26.0 Å². The van der Waals surface area contributed by atoms with Gasteiger partial charge in [-0.15, -0.1) is 0 Å². The molecule has 0 radical (unpaired) electrons. The molecule has 0 fully saturated rings. The highest BCUT2D eigenvalue weighted by Crippen LogP contribution is 2.38. The normalized spacial score (nSPS) is 15.1. The van der Waals surface area contributed by atoms with Gasteiger partial charge < -0.3 is 33.0 Å². The van der Waals surface area contributed by atoms with E-state index in [0.29, 0.717) is 23.9 Å². The number of aliphatic hydroxyl groups is 1. The molecular formula is C46H80NO8P. The first kappa shape index (κ1) is 53.5. The van der Waals surface area contributed by atoms with E-state index in [2.05, 4.69) is 44.2 Å². The molecule has 0 spiro atoms. The van der Waals surface area contributed by atoms with Crippen molar-refractivity contribution < 1.29 is 42.4 Å². The predicted octanol–water partition coefficient (Wildman–Crippen LogP) is 11.2. The van der Waals surface area contributed by atoms with Gasteiger partial charge in [0.1, 0.15) is 19.8 Å². The van der Waals surface area contributed by atoms with Crippen LogP contribution in [-0.4, -0.2) is 75.3 Å². The highest BCUT2D eigenvalue weighted by atomic mass is 31.2. The Morgan fingerprint density at radius 3 is 1.89 bits per heavy atom. The number of nitrogens with zero attached hydrogens (tertiary/aromatic N) is 1. The van der Waals surface area contributed by atoms with Gasteiger partial charge in [0.2, 0.25) is 0 Å². The smallest absolute Gasteiger partial charge is 0.306 e. The summed E-state index contributed by atoms with van der Waals surface area (Å²) in [6, 6.07) is 0. The van der Waals surface area contributed by atoms with Crippen LogP contribution in [0.5, 0.6) is 0 Å². The second kappa shape index (κ2) is 38.0. The molecule has 0 aliphatic rings. The van der Waals surface area contributed by atoms with Crippen molar-refractivity contribution in [1.29, 1.82) is 0 Å². The van der Waals surface area contributed by atoms with Gasteiger partial charge in [-0.1, -0.05) is 157 Å². The van der Waals surface area contributed by atoms with Gasteiger partial charge in [0.15, 0.2) is 6.10 Å². The summed E-state index contributed by atoms with van der Waals surface area (Å²) in [5.41, 5.74) is 0. The highest BCUT2D eigenvalue weighted by Gasteiger charge is 2.20. The number of esters is 1. The fourth-order valence-corrected chi connectivity index (χ4v) is 6.00. The SMILES string of the molecule is CC/C=C\CC(O)/C=C/C=C/C/C=C\C/C=C\C/C=C\CCC(=O)O[C@H](CO/C=C/CCCCCCCCCCCCCC)COP(=O)([O-])OCC[N+](C)(C)C. The lowest BCUT2D eigenvalue weighted by Crippen LogP contribution is -2.37. The molecule has 0 aromatic rings. The summed E-state index contributed by atoms with van der Waals surface area (Å²) in [6.45, 7) is 4.40. The Balaban J connectivity index is 4.49. The van der Waals surface area contributed by atoms with E-state index in [9.17, 15) is 19.4 Å². The molecule has 0 heterocycles. The molecule has 10 heteroatoms. The summed E-state index contributed by atoms with van der Waals surface area (Å²) >= 11 is 0. The number of rotatable bonds is 38. The van der Waals surface area contributed by atoms with Crippen molar-refractivity contribution in [3.8, 4) is 0 Å². The first-order valence-corrected chi connectivity index (χ1v) is 22.9. The third-order valence-corrected chi connectivity index (χ3v) is 9.58. The minimum atomic E-state index is -4.57. The van der Waals surface area contributed by atoms with E-state index in [4.69, 9.17) is 18.5 Å². The molecule has 3 atom stereocenters. The number of phosphoric ester groups is 1. The average molecular weight is 806 g/mol. The van der Waals surface area contributed by atoms with Gasteiger partial charge in [-0.25, -0.2) is 0 Å². The molecular weight excluding hydrogens is 725 g/mol. The van der Waals surface area contributed by atoms with Crippen molar-refractivity contribution in [2.24, 2.45) is 0 Å². The maximum atomic E-state index is 12.6. The van der Waals surface area contributed by atoms with Gasteiger partial charge in [-0.3, -0.25) is 9.36 Å². The Morgan fingerprint density at radius 1 is 0.696 bits per heavy atom. The minimum absolute atomic E-state index is 0.00802. The van der Waals surface area contributed by atoms with Crippen molar-refractivity contribution in [3.05, 3.63) is 85.3 Å². The maximum absolute atomic E-state index is 12.6. The minimum Gasteiger partial charge on any atom is -0.756 e. The summed E-state index contributed by atoms with van der Waals surface area (Å²) in [4.78, 5) is 25.0. The summed E-state index contributed by atoms with van der Waals surface area (Å²) in [5.74, 6) is -0.454. The number of allylic oxidation sites excluding steroid dienone is 11. The number of aliphatic hydroxyl groups excluding tert-OH is 1. The van der Waals surface area contributed by atoms with Gasteiger partial charge in [0.05, 0.1) is 40.1 Å². The van der Waals surface area contributed by atoms with E-state index in [1.54, 1.807) is 12.3 Å². The molecule has 0 amide bonds. The third kappa shape index (κ3) is 41.1. The zero-order valence-electron chi connectivity index (χ0n) is 35.9. The van der Waals surface area contributed by atoms with Gasteiger partial charge in [0, 0.05) is 6.42 Å². The molecule has 56 heavy (non-hydrogen) atoms. The Labute approximate surface area is 342 Å². The first-order valence-electron chi connectivity index (χ1n) is 21.5. The number of likely N-dealkylation sites (N-methyl/N-ethyl adjacent to an activating group) is 1. The van der Waals surface area contributed by atoms with E-state index in [1.807, 2.05) is 63.7 Å². The number of carbonyl (C=O) groups is 1. The zero-order chi connectivity index (χ0) is 41.4. The topological polar surface area (TPSA) is 114 Å². The van der Waals surface area contributed by atoms with Crippen LogP contribution in [0.15, 0.2) is 85.3 Å². The number of carbonyl (C=O) groups excluding carboxylic acids is 1. The van der Waals surface area contributed by atoms with E-state index in [1.165, 1.54) is 70.6 Å². The second-order valence-electron chi connectivity index (χ2n) is 15.2. The molecule has 0 aromatic carbocycles. The second-order valence-corrected chi connectivity index (χ2v) is 16.7. The maximum Gasteiger partial charge on any atom is 0.306 e. The molecule has 0 aliphatic carbocycles. The van der Waals surface area contributed by atoms with Gasteiger partial charge in [-0.2, -0.15) is 0 Å². The van der Waals surface area contributed by atoms with Crippen LogP contribution in [0.4, 0.5) is 0 Å². The van der Waals surface area contributed by atoms with Crippen molar-refractivity contribution >= 4 is 13.8 Å². The molecule has 0 aliphatic heterocycles. The molecule has 0 saturated heterocycles. The first-order chi connectivity index (χ1) is 27.0. The van der Waals surface area contributed by atoms with Crippen LogP contribution < -0.4 is 4.89 Å². The molecule has 0 aromatic heterocycles. The summed E-state index contributed by atoms with van der Waals surface area (Å²) in [5, 5.41) is 9.84. The van der Waals surface area contributed by atoms with Crippen molar-refractivity contribution in [1.82, 2.24) is 0 Å². The zero-order valence-corrected chi connectivity index (χ0v) is 36.8. The van der Waals surface area contributed by atoms with Crippen LogP contribution in [-0.2, 0) is 27.9 Å². The Bertz CT molecular complexity index is 1180. The van der Waals surface area contributed by atoms with Crippen LogP contribution in [0.2, 0.25) is 0 Å². The van der Waals surface area contributed by atoms with Crippen LogP contribution in [0, 0.1) is 0 Å². The van der Waals surface area contributed by atoms with E-state index >= 15 is 0 Å². The van der Waals surface area contributed by atoms with Gasteiger partial charge >= 0.3 is 5.97 Å². The molecule has 9 nitrogen and oxygen atoms in total. The lowest BCUT2D eigenvalue weighted by Gasteiger charge is -2.28. The lowest BCUT2D eigenvalue weighted by atomic mass is 10.0. The lowest BCUT2D eigenvalue weighted by molar-refractivity contribution is -0.870. The fourth-order valence-electron chi connectivity index (χ4n) is 5.27. The van der Waals surface area contributed by atoms with Gasteiger partial charge in [-0.05, 0) is 57.4 Å². The Morgan fingerprint density at radius 2 is 1.29 bits per heavy atom.